The van der Waals surface area contributed by atoms with E-state index in [1.54, 1.807) is 11.9 Å². The van der Waals surface area contributed by atoms with Crippen LogP contribution in [0.5, 0.6) is 0 Å². The van der Waals surface area contributed by atoms with Crippen LogP contribution in [0.2, 0.25) is 0 Å². The molecule has 1 aromatic rings. The van der Waals surface area contributed by atoms with Gasteiger partial charge in [-0.1, -0.05) is 0 Å². The quantitative estimate of drug-likeness (QED) is 0.641. The zero-order valence-electron chi connectivity index (χ0n) is 9.88. The van der Waals surface area contributed by atoms with Crippen LogP contribution in [0.3, 0.4) is 0 Å². The number of benzene rings is 1. The number of carboxylic acid groups (broad SMARTS) is 1. The molecule has 0 bridgehead atoms. The van der Waals surface area contributed by atoms with Gasteiger partial charge in [0.15, 0.2) is 0 Å². The summed E-state index contributed by atoms with van der Waals surface area (Å²) in [5.41, 5.74) is 0.191. The van der Waals surface area contributed by atoms with Gasteiger partial charge in [0.1, 0.15) is 0 Å². The van der Waals surface area contributed by atoms with Crippen molar-refractivity contribution in [3.8, 4) is 0 Å². The third kappa shape index (κ3) is 2.72. The highest BCUT2D eigenvalue weighted by Gasteiger charge is 2.19. The lowest BCUT2D eigenvalue weighted by Gasteiger charge is -2.25. The summed E-state index contributed by atoms with van der Waals surface area (Å²) in [4.78, 5) is 22.8. The molecule has 0 atom stereocenters. The zero-order chi connectivity index (χ0) is 13.2. The summed E-state index contributed by atoms with van der Waals surface area (Å²) in [7, 11) is 1.75. The highest BCUT2D eigenvalue weighted by atomic mass is 16.6. The Labute approximate surface area is 98.6 Å². The third-order valence-corrected chi connectivity index (χ3v) is 2.58. The van der Waals surface area contributed by atoms with Gasteiger partial charge in [0.05, 0.1) is 16.2 Å². The topological polar surface area (TPSA) is 83.7 Å². The number of non-ortho nitro benzene ring substituents is 1. The van der Waals surface area contributed by atoms with Gasteiger partial charge in [-0.05, 0) is 19.9 Å². The van der Waals surface area contributed by atoms with Gasteiger partial charge >= 0.3 is 5.97 Å². The van der Waals surface area contributed by atoms with E-state index in [9.17, 15) is 14.9 Å². The Morgan fingerprint density at radius 2 is 2.06 bits per heavy atom. The average Bonchev–Trinajstić information content (AvgIpc) is 2.26. The molecule has 0 saturated carbocycles. The lowest BCUT2D eigenvalue weighted by molar-refractivity contribution is -0.384. The molecular formula is C11H14N2O4. The molecule has 0 saturated heterocycles. The molecule has 6 nitrogen and oxygen atoms in total. The molecule has 0 aliphatic heterocycles. The Hall–Kier alpha value is -2.11. The number of nitrogens with zero attached hydrogens (tertiary/aromatic N) is 2. The summed E-state index contributed by atoms with van der Waals surface area (Å²) < 4.78 is 0. The first-order valence-electron chi connectivity index (χ1n) is 5.09. The third-order valence-electron chi connectivity index (χ3n) is 2.58. The lowest BCUT2D eigenvalue weighted by atomic mass is 10.1. The van der Waals surface area contributed by atoms with Gasteiger partial charge in [0, 0.05) is 25.2 Å². The molecule has 92 valence electrons. The van der Waals surface area contributed by atoms with E-state index in [2.05, 4.69) is 0 Å². The molecule has 0 unspecified atom stereocenters. The van der Waals surface area contributed by atoms with Gasteiger partial charge in [-0.3, -0.25) is 10.1 Å². The summed E-state index contributed by atoms with van der Waals surface area (Å²) in [6.45, 7) is 3.82. The summed E-state index contributed by atoms with van der Waals surface area (Å²) in [5.74, 6) is -1.17. The van der Waals surface area contributed by atoms with E-state index in [-0.39, 0.29) is 17.3 Å². The van der Waals surface area contributed by atoms with E-state index in [0.29, 0.717) is 5.69 Å². The molecule has 6 heteroatoms. The van der Waals surface area contributed by atoms with Gasteiger partial charge in [-0.15, -0.1) is 0 Å². The molecular weight excluding hydrogens is 224 g/mol. The van der Waals surface area contributed by atoms with Crippen LogP contribution < -0.4 is 4.90 Å². The molecule has 17 heavy (non-hydrogen) atoms. The van der Waals surface area contributed by atoms with Crippen LogP contribution in [-0.4, -0.2) is 29.1 Å². The van der Waals surface area contributed by atoms with Crippen molar-refractivity contribution in [3.63, 3.8) is 0 Å². The van der Waals surface area contributed by atoms with E-state index in [4.69, 9.17) is 5.11 Å². The number of hydrogen-bond donors (Lipinski definition) is 1. The maximum atomic E-state index is 11.1. The van der Waals surface area contributed by atoms with Gasteiger partial charge in [-0.25, -0.2) is 4.79 Å². The minimum absolute atomic E-state index is 0.0598. The van der Waals surface area contributed by atoms with E-state index < -0.39 is 10.9 Å². The van der Waals surface area contributed by atoms with Crippen molar-refractivity contribution >= 4 is 17.3 Å². The predicted octanol–water partition coefficient (Wildman–Crippen LogP) is 2.14. The fourth-order valence-corrected chi connectivity index (χ4v) is 1.39. The maximum Gasteiger partial charge on any atom is 0.338 e. The Morgan fingerprint density at radius 3 is 2.47 bits per heavy atom. The van der Waals surface area contributed by atoms with Crippen molar-refractivity contribution in [2.45, 2.75) is 19.9 Å². The molecule has 0 heterocycles. The van der Waals surface area contributed by atoms with Gasteiger partial charge in [-0.2, -0.15) is 0 Å². The largest absolute Gasteiger partial charge is 0.478 e. The van der Waals surface area contributed by atoms with Crippen molar-refractivity contribution in [1.29, 1.82) is 0 Å². The number of carboxylic acids is 1. The maximum absolute atomic E-state index is 11.1. The van der Waals surface area contributed by atoms with Crippen molar-refractivity contribution in [1.82, 2.24) is 0 Å². The first kappa shape index (κ1) is 13.0. The van der Waals surface area contributed by atoms with E-state index >= 15 is 0 Å². The molecule has 0 aliphatic carbocycles. The summed E-state index contributed by atoms with van der Waals surface area (Å²) >= 11 is 0. The Balaban J connectivity index is 3.32. The van der Waals surface area contributed by atoms with Crippen LogP contribution in [0.4, 0.5) is 11.4 Å². The molecule has 0 aromatic heterocycles. The van der Waals surface area contributed by atoms with Gasteiger partial charge in [0.2, 0.25) is 0 Å². The van der Waals surface area contributed by atoms with Crippen LogP contribution in [-0.2, 0) is 0 Å². The number of anilines is 1. The molecule has 1 rings (SSSR count). The first-order valence-corrected chi connectivity index (χ1v) is 5.09. The average molecular weight is 238 g/mol. The summed E-state index contributed by atoms with van der Waals surface area (Å²) in [6.07, 6.45) is 0. The van der Waals surface area contributed by atoms with Crippen LogP contribution in [0.25, 0.3) is 0 Å². The number of hydrogen-bond acceptors (Lipinski definition) is 4. The monoisotopic (exact) mass is 238 g/mol. The van der Waals surface area contributed by atoms with E-state index in [0.717, 1.165) is 6.07 Å². The Kier molecular flexibility index (Phi) is 3.67. The minimum Gasteiger partial charge on any atom is -0.478 e. The number of aromatic carboxylic acids is 1. The van der Waals surface area contributed by atoms with Crippen LogP contribution in [0, 0.1) is 10.1 Å². The molecule has 0 fully saturated rings. The van der Waals surface area contributed by atoms with Crippen molar-refractivity contribution in [3.05, 3.63) is 33.9 Å². The number of nitro benzene ring substituents is 1. The van der Waals surface area contributed by atoms with Crippen molar-refractivity contribution < 1.29 is 14.8 Å². The zero-order valence-corrected chi connectivity index (χ0v) is 9.88. The highest BCUT2D eigenvalue weighted by Crippen LogP contribution is 2.25. The van der Waals surface area contributed by atoms with Crippen LogP contribution >= 0.6 is 0 Å². The molecule has 0 amide bonds. The molecule has 0 spiro atoms. The standard InChI is InChI=1S/C11H14N2O4/c1-7(2)12(3)10-5-4-8(13(16)17)6-9(10)11(14)15/h4-7H,1-3H3,(H,14,15). The van der Waals surface area contributed by atoms with Crippen molar-refractivity contribution in [2.75, 3.05) is 11.9 Å². The fourth-order valence-electron chi connectivity index (χ4n) is 1.39. The molecule has 0 radical (unpaired) electrons. The smallest absolute Gasteiger partial charge is 0.338 e. The SMILES string of the molecule is CC(C)N(C)c1ccc([N+](=O)[O-])cc1C(=O)O. The molecule has 1 N–H and O–H groups in total. The molecule has 1 aromatic carbocycles. The second-order valence-electron chi connectivity index (χ2n) is 3.97. The van der Waals surface area contributed by atoms with Gasteiger partial charge < -0.3 is 10.0 Å². The van der Waals surface area contributed by atoms with Gasteiger partial charge in [0.25, 0.3) is 5.69 Å². The lowest BCUT2D eigenvalue weighted by Crippen LogP contribution is -2.27. The van der Waals surface area contributed by atoms with Crippen molar-refractivity contribution in [2.24, 2.45) is 0 Å². The highest BCUT2D eigenvalue weighted by molar-refractivity contribution is 5.95. The van der Waals surface area contributed by atoms with Crippen LogP contribution in [0.1, 0.15) is 24.2 Å². The Bertz CT molecular complexity index is 457. The number of rotatable bonds is 4. The predicted molar refractivity (Wildman–Crippen MR) is 63.6 cm³/mol. The minimum atomic E-state index is -1.17. The molecule has 0 aliphatic rings. The van der Waals surface area contributed by atoms with Crippen LogP contribution in [0.15, 0.2) is 18.2 Å². The first-order chi connectivity index (χ1) is 7.84. The second-order valence-corrected chi connectivity index (χ2v) is 3.97. The Morgan fingerprint density at radius 1 is 1.47 bits per heavy atom. The normalized spacial score (nSPS) is 10.4. The second kappa shape index (κ2) is 4.82. The summed E-state index contributed by atoms with van der Waals surface area (Å²) in [6, 6.07) is 3.95. The van der Waals surface area contributed by atoms with E-state index in [1.807, 2.05) is 13.8 Å². The fraction of sp³-hybridized carbons (Fsp3) is 0.364. The number of nitro groups is 1. The van der Waals surface area contributed by atoms with E-state index in [1.165, 1.54) is 12.1 Å². The number of carbonyl (C=O) groups is 1. The summed E-state index contributed by atoms with van der Waals surface area (Å²) in [5, 5.41) is 19.6.